The number of hydrogen-bond donors (Lipinski definition) is 6. The van der Waals surface area contributed by atoms with Gasteiger partial charge in [-0.15, -0.1) is 0 Å². The van der Waals surface area contributed by atoms with E-state index in [0.717, 1.165) is 0 Å². The second kappa shape index (κ2) is 3.52. The Hall–Kier alpha value is -1.80. The normalized spacial score (nSPS) is 17.9. The fraction of sp³-hybridized carbons (Fsp3) is 0.333. The lowest BCUT2D eigenvalue weighted by molar-refractivity contribution is -0.0834. The van der Waals surface area contributed by atoms with Crippen molar-refractivity contribution in [3.8, 4) is 0 Å². The Labute approximate surface area is 80.8 Å². The molecule has 8 heteroatoms. The highest BCUT2D eigenvalue weighted by Crippen LogP contribution is 2.17. The van der Waals surface area contributed by atoms with Crippen molar-refractivity contribution in [2.24, 2.45) is 17.2 Å². The molecule has 1 heterocycles. The number of nitrogens with two attached hydrogens (primary N) is 3. The zero-order valence-electron chi connectivity index (χ0n) is 7.73. The van der Waals surface area contributed by atoms with E-state index < -0.39 is 0 Å². The molecule has 9 N–H and O–H groups in total. The third-order valence-electron chi connectivity index (χ3n) is 1.75. The number of nitrogens with one attached hydrogen (secondary N) is 1. The average Bonchev–Trinajstić information content (AvgIpc) is 2.19. The van der Waals surface area contributed by atoms with Gasteiger partial charge < -0.3 is 22.5 Å². The summed E-state index contributed by atoms with van der Waals surface area (Å²) in [7, 11) is 0. The summed E-state index contributed by atoms with van der Waals surface area (Å²) in [6.07, 6.45) is 0. The first kappa shape index (κ1) is 10.3. The van der Waals surface area contributed by atoms with Crippen molar-refractivity contribution in [2.45, 2.75) is 6.92 Å². The second-order valence-corrected chi connectivity index (χ2v) is 2.66. The van der Waals surface area contributed by atoms with E-state index in [1.165, 1.54) is 0 Å². The standard InChI is InChI=1S/C6H14N6O2/c1-2-10-6-5(9)11(13)3(7)4(8)12(6)14/h10,13-14H,2,7-9H2,1H3. The summed E-state index contributed by atoms with van der Waals surface area (Å²) in [5.41, 5.74) is 16.2. The molecule has 0 aromatic heterocycles. The van der Waals surface area contributed by atoms with Gasteiger partial charge in [0, 0.05) is 6.54 Å². The molecule has 14 heavy (non-hydrogen) atoms. The van der Waals surface area contributed by atoms with Gasteiger partial charge in [-0.25, -0.2) is 0 Å². The lowest BCUT2D eigenvalue weighted by Crippen LogP contribution is -2.46. The Morgan fingerprint density at radius 3 is 2.07 bits per heavy atom. The maximum Gasteiger partial charge on any atom is 0.177 e. The molecule has 0 bridgehead atoms. The van der Waals surface area contributed by atoms with E-state index in [0.29, 0.717) is 16.7 Å². The summed E-state index contributed by atoms with van der Waals surface area (Å²) in [6, 6.07) is 0. The van der Waals surface area contributed by atoms with Gasteiger partial charge in [-0.05, 0) is 6.92 Å². The van der Waals surface area contributed by atoms with Crippen LogP contribution in [-0.2, 0) is 0 Å². The first-order chi connectivity index (χ1) is 6.50. The largest absolute Gasteiger partial charge is 0.380 e. The molecular formula is C6H14N6O2. The fourth-order valence-corrected chi connectivity index (χ4v) is 1.01. The van der Waals surface area contributed by atoms with Gasteiger partial charge in [0.2, 0.25) is 0 Å². The Morgan fingerprint density at radius 1 is 1.07 bits per heavy atom. The van der Waals surface area contributed by atoms with Crippen LogP contribution in [0.4, 0.5) is 0 Å². The molecule has 1 aliphatic heterocycles. The van der Waals surface area contributed by atoms with Crippen LogP contribution < -0.4 is 22.5 Å². The maximum absolute atomic E-state index is 9.46. The molecule has 0 saturated carbocycles. The molecule has 0 spiro atoms. The molecular weight excluding hydrogens is 188 g/mol. The fourth-order valence-electron chi connectivity index (χ4n) is 1.01. The van der Waals surface area contributed by atoms with Crippen LogP contribution in [0, 0.1) is 0 Å². The molecule has 1 rings (SSSR count). The molecule has 0 unspecified atom stereocenters. The van der Waals surface area contributed by atoms with Crippen LogP contribution in [0.25, 0.3) is 0 Å². The predicted octanol–water partition coefficient (Wildman–Crippen LogP) is -1.88. The van der Waals surface area contributed by atoms with Gasteiger partial charge in [-0.2, -0.15) is 10.1 Å². The maximum atomic E-state index is 9.46. The predicted molar refractivity (Wildman–Crippen MR) is 47.5 cm³/mol. The van der Waals surface area contributed by atoms with Gasteiger partial charge in [-0.3, -0.25) is 10.4 Å². The number of rotatable bonds is 2. The monoisotopic (exact) mass is 202 g/mol. The van der Waals surface area contributed by atoms with Gasteiger partial charge >= 0.3 is 0 Å². The van der Waals surface area contributed by atoms with Crippen LogP contribution in [0.2, 0.25) is 0 Å². The van der Waals surface area contributed by atoms with Crippen molar-refractivity contribution in [1.29, 1.82) is 0 Å². The lowest BCUT2D eigenvalue weighted by Gasteiger charge is -2.32. The number of nitrogens with zero attached hydrogens (tertiary/aromatic N) is 2. The van der Waals surface area contributed by atoms with Crippen LogP contribution in [-0.4, -0.2) is 27.1 Å². The summed E-state index contributed by atoms with van der Waals surface area (Å²) in [5.74, 6) is -0.466. The third kappa shape index (κ3) is 1.36. The van der Waals surface area contributed by atoms with Gasteiger partial charge in [0.1, 0.15) is 0 Å². The molecule has 8 nitrogen and oxygen atoms in total. The summed E-state index contributed by atoms with van der Waals surface area (Å²) in [6.45, 7) is 2.31. The quantitative estimate of drug-likeness (QED) is 0.306. The van der Waals surface area contributed by atoms with Crippen LogP contribution in [0.3, 0.4) is 0 Å². The van der Waals surface area contributed by atoms with E-state index in [9.17, 15) is 10.4 Å². The Bertz CT molecular complexity index is 299. The highest BCUT2D eigenvalue weighted by atomic mass is 16.5. The Kier molecular flexibility index (Phi) is 2.58. The minimum Gasteiger partial charge on any atom is -0.380 e. The Morgan fingerprint density at radius 2 is 1.57 bits per heavy atom. The number of hydrogen-bond acceptors (Lipinski definition) is 8. The second-order valence-electron chi connectivity index (χ2n) is 2.66. The zero-order chi connectivity index (χ0) is 10.9. The molecule has 0 amide bonds. The smallest absolute Gasteiger partial charge is 0.177 e. The average molecular weight is 202 g/mol. The summed E-state index contributed by atoms with van der Waals surface area (Å²) in [4.78, 5) is 0. The first-order valence-corrected chi connectivity index (χ1v) is 3.97. The van der Waals surface area contributed by atoms with Gasteiger partial charge in [-0.1, -0.05) is 0 Å². The van der Waals surface area contributed by atoms with Crippen LogP contribution in [0.1, 0.15) is 6.92 Å². The first-order valence-electron chi connectivity index (χ1n) is 3.97. The Balaban J connectivity index is 3.05. The van der Waals surface area contributed by atoms with E-state index in [4.69, 9.17) is 17.2 Å². The zero-order valence-corrected chi connectivity index (χ0v) is 7.73. The summed E-state index contributed by atoms with van der Waals surface area (Å²) >= 11 is 0. The molecule has 0 atom stereocenters. The van der Waals surface area contributed by atoms with Crippen molar-refractivity contribution in [1.82, 2.24) is 15.4 Å². The van der Waals surface area contributed by atoms with Crippen molar-refractivity contribution >= 4 is 0 Å². The van der Waals surface area contributed by atoms with Crippen molar-refractivity contribution in [2.75, 3.05) is 6.54 Å². The molecule has 1 aliphatic rings. The lowest BCUT2D eigenvalue weighted by atomic mass is 10.4. The van der Waals surface area contributed by atoms with E-state index in [1.807, 2.05) is 0 Å². The van der Waals surface area contributed by atoms with Crippen LogP contribution >= 0.6 is 0 Å². The van der Waals surface area contributed by atoms with Gasteiger partial charge in [0.05, 0.1) is 0 Å². The summed E-state index contributed by atoms with van der Waals surface area (Å²) < 4.78 is 0. The molecule has 0 fully saturated rings. The molecule has 0 radical (unpaired) electrons. The molecule has 0 aromatic rings. The number of hydroxylamine groups is 4. The van der Waals surface area contributed by atoms with E-state index in [1.54, 1.807) is 6.92 Å². The van der Waals surface area contributed by atoms with Crippen LogP contribution in [0.5, 0.6) is 0 Å². The van der Waals surface area contributed by atoms with Gasteiger partial charge in [0.15, 0.2) is 23.3 Å². The van der Waals surface area contributed by atoms with Crippen molar-refractivity contribution < 1.29 is 10.4 Å². The molecule has 0 saturated heterocycles. The van der Waals surface area contributed by atoms with Crippen molar-refractivity contribution in [3.63, 3.8) is 0 Å². The highest BCUT2D eigenvalue weighted by Gasteiger charge is 2.27. The third-order valence-corrected chi connectivity index (χ3v) is 1.75. The minimum absolute atomic E-state index is 0.0849. The molecule has 80 valence electrons. The van der Waals surface area contributed by atoms with E-state index in [2.05, 4.69) is 5.32 Å². The molecule has 0 aromatic carbocycles. The van der Waals surface area contributed by atoms with E-state index >= 15 is 0 Å². The topological polar surface area (TPSA) is 137 Å². The van der Waals surface area contributed by atoms with Crippen LogP contribution in [0.15, 0.2) is 23.3 Å². The van der Waals surface area contributed by atoms with E-state index in [-0.39, 0.29) is 23.3 Å². The highest BCUT2D eigenvalue weighted by molar-refractivity contribution is 5.22. The minimum atomic E-state index is -0.230. The van der Waals surface area contributed by atoms with Gasteiger partial charge in [0.25, 0.3) is 0 Å². The summed E-state index contributed by atoms with van der Waals surface area (Å²) in [5, 5.41) is 22.6. The SMILES string of the molecule is CCNC1=C(N)N(O)C(N)=C(N)N1O. The molecule has 0 aliphatic carbocycles. The van der Waals surface area contributed by atoms with Crippen molar-refractivity contribution in [3.05, 3.63) is 23.3 Å².